The van der Waals surface area contributed by atoms with Crippen molar-refractivity contribution in [3.8, 4) is 0 Å². The fourth-order valence-electron chi connectivity index (χ4n) is 3.43. The third-order valence-electron chi connectivity index (χ3n) is 4.20. The van der Waals surface area contributed by atoms with Gasteiger partial charge in [0.1, 0.15) is 11.5 Å². The second kappa shape index (κ2) is 6.97. The standard InChI is InChI=1S/C18H32N2O/c1-15-6-7-17(21-15)13-20-10-8-16(9-11-20)12-19(5)14-18(2,3)4/h6-7,16H,8-14H2,1-5H3. The van der Waals surface area contributed by atoms with E-state index in [4.69, 9.17) is 4.42 Å². The molecule has 120 valence electrons. The lowest BCUT2D eigenvalue weighted by Crippen LogP contribution is -2.39. The summed E-state index contributed by atoms with van der Waals surface area (Å²) in [4.78, 5) is 5.04. The molecule has 1 aromatic heterocycles. The van der Waals surface area contributed by atoms with Gasteiger partial charge >= 0.3 is 0 Å². The lowest BCUT2D eigenvalue weighted by atomic mass is 9.93. The minimum Gasteiger partial charge on any atom is -0.465 e. The molecule has 0 bridgehead atoms. The molecule has 0 amide bonds. The van der Waals surface area contributed by atoms with Gasteiger partial charge in [-0.2, -0.15) is 0 Å². The van der Waals surface area contributed by atoms with Crippen molar-refractivity contribution in [3.63, 3.8) is 0 Å². The molecule has 1 aromatic rings. The van der Waals surface area contributed by atoms with Crippen molar-refractivity contribution in [3.05, 3.63) is 23.7 Å². The maximum Gasteiger partial charge on any atom is 0.118 e. The van der Waals surface area contributed by atoms with Gasteiger partial charge in [-0.15, -0.1) is 0 Å². The van der Waals surface area contributed by atoms with Gasteiger partial charge in [0, 0.05) is 13.1 Å². The van der Waals surface area contributed by atoms with Gasteiger partial charge in [-0.05, 0) is 63.4 Å². The predicted octanol–water partition coefficient (Wildman–Crippen LogP) is 3.78. The Balaban J connectivity index is 1.70. The molecule has 0 N–H and O–H groups in total. The number of rotatable bonds is 5. The Bertz CT molecular complexity index is 425. The third kappa shape index (κ3) is 5.84. The van der Waals surface area contributed by atoms with Crippen LogP contribution in [0.4, 0.5) is 0 Å². The molecule has 3 heteroatoms. The average Bonchev–Trinajstić information content (AvgIpc) is 2.75. The van der Waals surface area contributed by atoms with Crippen LogP contribution in [-0.2, 0) is 6.54 Å². The highest BCUT2D eigenvalue weighted by Gasteiger charge is 2.22. The molecule has 1 aliphatic rings. The normalized spacial score (nSPS) is 18.6. The number of nitrogens with zero attached hydrogens (tertiary/aromatic N) is 2. The van der Waals surface area contributed by atoms with Crippen LogP contribution in [0, 0.1) is 18.3 Å². The minimum atomic E-state index is 0.395. The first-order valence-electron chi connectivity index (χ1n) is 8.28. The van der Waals surface area contributed by atoms with Crippen LogP contribution in [0.25, 0.3) is 0 Å². The fourth-order valence-corrected chi connectivity index (χ4v) is 3.43. The zero-order chi connectivity index (χ0) is 15.5. The molecule has 0 atom stereocenters. The first-order chi connectivity index (χ1) is 9.82. The smallest absolute Gasteiger partial charge is 0.118 e. The molecule has 0 radical (unpaired) electrons. The first kappa shape index (κ1) is 16.6. The highest BCUT2D eigenvalue weighted by molar-refractivity contribution is 5.05. The highest BCUT2D eigenvalue weighted by atomic mass is 16.3. The number of aryl methyl sites for hydroxylation is 1. The molecule has 3 nitrogen and oxygen atoms in total. The predicted molar refractivity (Wildman–Crippen MR) is 88.4 cm³/mol. The van der Waals surface area contributed by atoms with Crippen LogP contribution < -0.4 is 0 Å². The Morgan fingerprint density at radius 3 is 2.43 bits per heavy atom. The van der Waals surface area contributed by atoms with Crippen LogP contribution in [-0.4, -0.2) is 43.0 Å². The molecule has 1 fully saturated rings. The van der Waals surface area contributed by atoms with Crippen molar-refractivity contribution < 1.29 is 4.42 Å². The quantitative estimate of drug-likeness (QED) is 0.823. The molecule has 1 saturated heterocycles. The maximum atomic E-state index is 5.68. The van der Waals surface area contributed by atoms with Gasteiger partial charge in [-0.3, -0.25) is 4.90 Å². The SMILES string of the molecule is Cc1ccc(CN2CCC(CN(C)CC(C)(C)C)CC2)o1. The second-order valence-electron chi connectivity index (χ2n) is 7.99. The van der Waals surface area contributed by atoms with E-state index in [9.17, 15) is 0 Å². The van der Waals surface area contributed by atoms with Crippen LogP contribution in [0.2, 0.25) is 0 Å². The molecule has 21 heavy (non-hydrogen) atoms. The summed E-state index contributed by atoms with van der Waals surface area (Å²) < 4.78 is 5.68. The molecule has 2 heterocycles. The van der Waals surface area contributed by atoms with Gasteiger partial charge in [-0.25, -0.2) is 0 Å². The van der Waals surface area contributed by atoms with E-state index in [1.807, 2.05) is 6.92 Å². The summed E-state index contributed by atoms with van der Waals surface area (Å²) in [6.07, 6.45) is 2.63. The Morgan fingerprint density at radius 1 is 1.24 bits per heavy atom. The van der Waals surface area contributed by atoms with E-state index < -0.39 is 0 Å². The molecule has 0 aromatic carbocycles. The molecular formula is C18H32N2O. The van der Waals surface area contributed by atoms with Gasteiger partial charge in [0.05, 0.1) is 6.54 Å². The Hall–Kier alpha value is -0.800. The van der Waals surface area contributed by atoms with Crippen LogP contribution in [0.15, 0.2) is 16.5 Å². The largest absolute Gasteiger partial charge is 0.465 e. The monoisotopic (exact) mass is 292 g/mol. The van der Waals surface area contributed by atoms with Gasteiger partial charge in [-0.1, -0.05) is 20.8 Å². The molecule has 0 saturated carbocycles. The Morgan fingerprint density at radius 2 is 1.90 bits per heavy atom. The summed E-state index contributed by atoms with van der Waals surface area (Å²) in [6.45, 7) is 14.8. The van der Waals surface area contributed by atoms with Crippen molar-refractivity contribution >= 4 is 0 Å². The highest BCUT2D eigenvalue weighted by Crippen LogP contribution is 2.22. The van der Waals surface area contributed by atoms with Crippen LogP contribution in [0.5, 0.6) is 0 Å². The number of hydrogen-bond donors (Lipinski definition) is 0. The van der Waals surface area contributed by atoms with E-state index in [2.05, 4.69) is 49.8 Å². The van der Waals surface area contributed by atoms with Crippen LogP contribution >= 0.6 is 0 Å². The van der Waals surface area contributed by atoms with E-state index in [-0.39, 0.29) is 0 Å². The molecule has 2 rings (SSSR count). The maximum absolute atomic E-state index is 5.68. The van der Waals surface area contributed by atoms with Crippen molar-refractivity contribution in [2.45, 2.75) is 47.1 Å². The summed E-state index contributed by atoms with van der Waals surface area (Å²) in [5.41, 5.74) is 0.395. The Kier molecular flexibility index (Phi) is 5.50. The molecule has 0 spiro atoms. The van der Waals surface area contributed by atoms with E-state index >= 15 is 0 Å². The van der Waals surface area contributed by atoms with E-state index in [1.54, 1.807) is 0 Å². The van der Waals surface area contributed by atoms with E-state index in [1.165, 1.54) is 39.0 Å². The number of piperidine rings is 1. The molecule has 0 aliphatic carbocycles. The van der Waals surface area contributed by atoms with E-state index in [0.717, 1.165) is 24.0 Å². The summed E-state index contributed by atoms with van der Waals surface area (Å²) in [6, 6.07) is 4.17. The first-order valence-corrected chi connectivity index (χ1v) is 8.28. The third-order valence-corrected chi connectivity index (χ3v) is 4.20. The van der Waals surface area contributed by atoms with Crippen molar-refractivity contribution in [2.24, 2.45) is 11.3 Å². The lowest BCUT2D eigenvalue weighted by molar-refractivity contribution is 0.128. The molecule has 1 aliphatic heterocycles. The van der Waals surface area contributed by atoms with Crippen LogP contribution in [0.3, 0.4) is 0 Å². The van der Waals surface area contributed by atoms with Crippen molar-refractivity contribution in [1.82, 2.24) is 9.80 Å². The topological polar surface area (TPSA) is 19.6 Å². The number of furan rings is 1. The number of likely N-dealkylation sites (tertiary alicyclic amines) is 1. The summed E-state index contributed by atoms with van der Waals surface area (Å²) in [7, 11) is 2.27. The Labute approximate surface area is 130 Å². The zero-order valence-electron chi connectivity index (χ0n) is 14.5. The average molecular weight is 292 g/mol. The molecular weight excluding hydrogens is 260 g/mol. The lowest BCUT2D eigenvalue weighted by Gasteiger charge is -2.35. The van der Waals surface area contributed by atoms with E-state index in [0.29, 0.717) is 5.41 Å². The van der Waals surface area contributed by atoms with Gasteiger partial charge in [0.15, 0.2) is 0 Å². The fraction of sp³-hybridized carbons (Fsp3) is 0.778. The van der Waals surface area contributed by atoms with Gasteiger partial charge in [0.25, 0.3) is 0 Å². The summed E-state index contributed by atoms with van der Waals surface area (Å²) in [5, 5.41) is 0. The second-order valence-corrected chi connectivity index (χ2v) is 7.99. The molecule has 0 unspecified atom stereocenters. The summed E-state index contributed by atoms with van der Waals surface area (Å²) in [5.74, 6) is 2.98. The summed E-state index contributed by atoms with van der Waals surface area (Å²) >= 11 is 0. The minimum absolute atomic E-state index is 0.395. The van der Waals surface area contributed by atoms with Gasteiger partial charge < -0.3 is 9.32 Å². The van der Waals surface area contributed by atoms with Crippen molar-refractivity contribution in [1.29, 1.82) is 0 Å². The number of hydrogen-bond acceptors (Lipinski definition) is 3. The zero-order valence-corrected chi connectivity index (χ0v) is 14.5. The van der Waals surface area contributed by atoms with Crippen LogP contribution in [0.1, 0.15) is 45.1 Å². The van der Waals surface area contributed by atoms with Gasteiger partial charge in [0.2, 0.25) is 0 Å². The van der Waals surface area contributed by atoms with Crippen molar-refractivity contribution in [2.75, 3.05) is 33.2 Å².